The number of carbonyl (C=O) groups is 1. The zero-order chi connectivity index (χ0) is 14.2. The van der Waals surface area contributed by atoms with Crippen molar-refractivity contribution in [1.82, 2.24) is 9.78 Å². The van der Waals surface area contributed by atoms with Gasteiger partial charge in [0.1, 0.15) is 5.76 Å². The number of aromatic nitrogens is 2. The van der Waals surface area contributed by atoms with E-state index in [1.807, 2.05) is 0 Å². The molecule has 0 spiro atoms. The number of aryl methyl sites for hydroxylation is 1. The fraction of sp³-hybridized carbons (Fsp3) is 0.200. The van der Waals surface area contributed by atoms with Gasteiger partial charge in [-0.05, 0) is 17.9 Å². The van der Waals surface area contributed by atoms with Gasteiger partial charge >= 0.3 is 11.8 Å². The van der Waals surface area contributed by atoms with Crippen LogP contribution >= 0.6 is 11.6 Å². The van der Waals surface area contributed by atoms with Crippen LogP contribution in [-0.2, 0) is 6.54 Å². The van der Waals surface area contributed by atoms with E-state index in [0.29, 0.717) is 11.3 Å². The minimum atomic E-state index is -1.18. The number of aromatic carboxylic acids is 1. The first-order chi connectivity index (χ1) is 8.88. The lowest BCUT2D eigenvalue weighted by molar-refractivity contribution is -0.389. The third-order valence-electron chi connectivity index (χ3n) is 2.44. The monoisotopic (exact) mass is 285 g/mol. The Hall–Kier alpha value is -2.35. The molecule has 19 heavy (non-hydrogen) atoms. The molecule has 9 heteroatoms. The van der Waals surface area contributed by atoms with Gasteiger partial charge in [0, 0.05) is 5.56 Å². The van der Waals surface area contributed by atoms with Gasteiger partial charge < -0.3 is 19.6 Å². The van der Waals surface area contributed by atoms with Gasteiger partial charge in [-0.3, -0.25) is 0 Å². The van der Waals surface area contributed by atoms with Crippen molar-refractivity contribution in [2.75, 3.05) is 0 Å². The van der Waals surface area contributed by atoms with Gasteiger partial charge in [0.15, 0.2) is 5.02 Å². The molecule has 2 heterocycles. The van der Waals surface area contributed by atoms with E-state index in [4.69, 9.17) is 21.1 Å². The SMILES string of the molecule is Cc1oc(C(=O)O)cc1Cn1cc(Cl)c([N+](=O)[O-])n1. The first-order valence-electron chi connectivity index (χ1n) is 5.08. The second-order valence-electron chi connectivity index (χ2n) is 3.75. The normalized spacial score (nSPS) is 10.6. The molecule has 0 radical (unpaired) electrons. The topological polar surface area (TPSA) is 111 Å². The molecule has 0 aromatic carbocycles. The van der Waals surface area contributed by atoms with E-state index in [0.717, 1.165) is 0 Å². The van der Waals surface area contributed by atoms with Crippen LogP contribution in [0.15, 0.2) is 16.7 Å². The van der Waals surface area contributed by atoms with Gasteiger partial charge in [0.05, 0.1) is 17.8 Å². The fourth-order valence-electron chi connectivity index (χ4n) is 1.55. The van der Waals surface area contributed by atoms with Crippen LogP contribution in [0.5, 0.6) is 0 Å². The lowest BCUT2D eigenvalue weighted by Crippen LogP contribution is -2.01. The Bertz CT molecular complexity index is 660. The number of hydrogen-bond acceptors (Lipinski definition) is 5. The van der Waals surface area contributed by atoms with E-state index < -0.39 is 16.7 Å². The van der Waals surface area contributed by atoms with Crippen molar-refractivity contribution in [1.29, 1.82) is 0 Å². The summed E-state index contributed by atoms with van der Waals surface area (Å²) in [5.74, 6) is -1.41. The summed E-state index contributed by atoms with van der Waals surface area (Å²) < 4.78 is 6.28. The maximum Gasteiger partial charge on any atom is 0.408 e. The number of carboxylic acid groups (broad SMARTS) is 1. The van der Waals surface area contributed by atoms with E-state index in [-0.39, 0.29) is 17.3 Å². The molecule has 0 aliphatic rings. The summed E-state index contributed by atoms with van der Waals surface area (Å²) in [6.45, 7) is 1.73. The number of halogens is 1. The fourth-order valence-corrected chi connectivity index (χ4v) is 1.77. The number of furan rings is 1. The molecule has 0 unspecified atom stereocenters. The van der Waals surface area contributed by atoms with Gasteiger partial charge in [-0.25, -0.2) is 4.79 Å². The average molecular weight is 286 g/mol. The standard InChI is InChI=1S/C10H8ClN3O5/c1-5-6(2-8(19-5)10(15)16)3-13-4-7(11)9(12-13)14(17)18/h2,4H,3H2,1H3,(H,15,16). The first-order valence-corrected chi connectivity index (χ1v) is 5.46. The second kappa shape index (κ2) is 4.73. The minimum absolute atomic E-state index is 0.0791. The molecular weight excluding hydrogens is 278 g/mol. The number of carboxylic acids is 1. The average Bonchev–Trinajstić information content (AvgIpc) is 2.84. The highest BCUT2D eigenvalue weighted by atomic mass is 35.5. The van der Waals surface area contributed by atoms with Crippen molar-refractivity contribution >= 4 is 23.4 Å². The van der Waals surface area contributed by atoms with Gasteiger partial charge in [-0.15, -0.1) is 0 Å². The summed E-state index contributed by atoms with van der Waals surface area (Å²) in [4.78, 5) is 20.6. The van der Waals surface area contributed by atoms with Crippen LogP contribution in [0.1, 0.15) is 21.9 Å². The Labute approximate surface area is 111 Å². The van der Waals surface area contributed by atoms with Gasteiger partial charge in [-0.2, -0.15) is 4.68 Å². The molecule has 0 bridgehead atoms. The molecule has 2 aromatic heterocycles. The molecule has 0 atom stereocenters. The van der Waals surface area contributed by atoms with Crippen molar-refractivity contribution in [2.24, 2.45) is 0 Å². The molecule has 0 amide bonds. The Morgan fingerprint density at radius 2 is 2.37 bits per heavy atom. The van der Waals surface area contributed by atoms with Crippen LogP contribution in [0.2, 0.25) is 5.02 Å². The largest absolute Gasteiger partial charge is 0.475 e. The summed E-state index contributed by atoms with van der Waals surface area (Å²) in [6.07, 6.45) is 1.30. The quantitative estimate of drug-likeness (QED) is 0.680. The van der Waals surface area contributed by atoms with E-state index >= 15 is 0 Å². The third kappa shape index (κ3) is 2.58. The Kier molecular flexibility index (Phi) is 3.26. The number of nitro groups is 1. The summed E-state index contributed by atoms with van der Waals surface area (Å²) in [5.41, 5.74) is 0.562. The van der Waals surface area contributed by atoms with E-state index in [1.165, 1.54) is 16.9 Å². The number of nitrogens with zero attached hydrogens (tertiary/aromatic N) is 3. The van der Waals surface area contributed by atoms with Crippen molar-refractivity contribution in [3.63, 3.8) is 0 Å². The summed E-state index contributed by atoms with van der Waals surface area (Å²) >= 11 is 5.66. The molecule has 8 nitrogen and oxygen atoms in total. The molecule has 1 N–H and O–H groups in total. The summed E-state index contributed by atoms with van der Waals surface area (Å²) in [5, 5.41) is 23.0. The lowest BCUT2D eigenvalue weighted by Gasteiger charge is -1.94. The van der Waals surface area contributed by atoms with Crippen molar-refractivity contribution in [2.45, 2.75) is 13.5 Å². The van der Waals surface area contributed by atoms with Crippen molar-refractivity contribution in [3.05, 3.63) is 44.5 Å². The molecule has 0 fully saturated rings. The number of hydrogen-bond donors (Lipinski definition) is 1. The van der Waals surface area contributed by atoms with Crippen LogP contribution < -0.4 is 0 Å². The van der Waals surface area contributed by atoms with E-state index in [2.05, 4.69) is 5.10 Å². The lowest BCUT2D eigenvalue weighted by atomic mass is 10.2. The molecular formula is C10H8ClN3O5. The van der Waals surface area contributed by atoms with E-state index in [9.17, 15) is 14.9 Å². The molecule has 0 saturated heterocycles. The Balaban J connectivity index is 2.28. The first kappa shape index (κ1) is 13.1. The van der Waals surface area contributed by atoms with Crippen LogP contribution in [0, 0.1) is 17.0 Å². The Morgan fingerprint density at radius 3 is 2.84 bits per heavy atom. The molecule has 0 aliphatic heterocycles. The van der Waals surface area contributed by atoms with Gasteiger partial charge in [-0.1, -0.05) is 11.6 Å². The summed E-state index contributed by atoms with van der Waals surface area (Å²) in [7, 11) is 0. The van der Waals surface area contributed by atoms with Gasteiger partial charge in [0.2, 0.25) is 5.76 Å². The molecule has 2 rings (SSSR count). The van der Waals surface area contributed by atoms with Crippen LogP contribution in [0.3, 0.4) is 0 Å². The Morgan fingerprint density at radius 1 is 1.68 bits per heavy atom. The van der Waals surface area contributed by atoms with Crippen molar-refractivity contribution in [3.8, 4) is 0 Å². The van der Waals surface area contributed by atoms with Crippen molar-refractivity contribution < 1.29 is 19.2 Å². The number of rotatable bonds is 4. The van der Waals surface area contributed by atoms with Crippen LogP contribution in [-0.4, -0.2) is 25.8 Å². The highest BCUT2D eigenvalue weighted by molar-refractivity contribution is 6.32. The zero-order valence-corrected chi connectivity index (χ0v) is 10.4. The second-order valence-corrected chi connectivity index (χ2v) is 4.16. The molecule has 0 saturated carbocycles. The van der Waals surface area contributed by atoms with E-state index in [1.54, 1.807) is 6.92 Å². The molecule has 0 aliphatic carbocycles. The van der Waals surface area contributed by atoms with Crippen LogP contribution in [0.25, 0.3) is 0 Å². The third-order valence-corrected chi connectivity index (χ3v) is 2.70. The maximum atomic E-state index is 10.7. The minimum Gasteiger partial charge on any atom is -0.475 e. The molecule has 100 valence electrons. The zero-order valence-electron chi connectivity index (χ0n) is 9.66. The van der Waals surface area contributed by atoms with Gasteiger partial charge in [0.25, 0.3) is 0 Å². The maximum absolute atomic E-state index is 10.7. The highest BCUT2D eigenvalue weighted by Gasteiger charge is 2.21. The molecule has 2 aromatic rings. The predicted molar refractivity (Wildman–Crippen MR) is 63.4 cm³/mol. The highest BCUT2D eigenvalue weighted by Crippen LogP contribution is 2.23. The van der Waals surface area contributed by atoms with Crippen LogP contribution in [0.4, 0.5) is 5.82 Å². The smallest absolute Gasteiger partial charge is 0.408 e. The summed E-state index contributed by atoms with van der Waals surface area (Å²) in [6, 6.07) is 1.35. The predicted octanol–water partition coefficient (Wildman–Crippen LogP) is 2.09.